The number of hydrogen-bond acceptors (Lipinski definition) is 0. The third-order valence-electron chi connectivity index (χ3n) is 9.66. The molecule has 0 unspecified atom stereocenters. The van der Waals surface area contributed by atoms with Gasteiger partial charge in [-0.15, -0.1) is 0 Å². The molecule has 0 radical (unpaired) electrons. The van der Waals surface area contributed by atoms with Crippen LogP contribution in [0.15, 0.2) is 194 Å². The Morgan fingerprint density at radius 3 is 1.31 bits per heavy atom. The van der Waals surface area contributed by atoms with Gasteiger partial charge < -0.3 is 0 Å². The minimum atomic E-state index is 1.21. The summed E-state index contributed by atoms with van der Waals surface area (Å²) in [4.78, 5) is 0. The molecule has 0 aromatic heterocycles. The second kappa shape index (κ2) is 11.8. The summed E-state index contributed by atoms with van der Waals surface area (Å²) in [7, 11) is 0. The maximum absolute atomic E-state index is 2.43. The summed E-state index contributed by atoms with van der Waals surface area (Å²) in [6.07, 6.45) is 0. The van der Waals surface area contributed by atoms with Crippen LogP contribution in [-0.4, -0.2) is 0 Å². The molecule has 48 heavy (non-hydrogen) atoms. The van der Waals surface area contributed by atoms with Crippen LogP contribution in [0.3, 0.4) is 0 Å². The molecule has 0 aliphatic carbocycles. The van der Waals surface area contributed by atoms with Crippen molar-refractivity contribution in [2.75, 3.05) is 0 Å². The molecule has 0 aliphatic rings. The molecule has 9 rings (SSSR count). The van der Waals surface area contributed by atoms with Crippen LogP contribution >= 0.6 is 0 Å². The average Bonchev–Trinajstić information content (AvgIpc) is 3.17. The van der Waals surface area contributed by atoms with Crippen LogP contribution < -0.4 is 0 Å². The highest BCUT2D eigenvalue weighted by atomic mass is 14.2. The summed E-state index contributed by atoms with van der Waals surface area (Å²) < 4.78 is 0. The van der Waals surface area contributed by atoms with Gasteiger partial charge in [0.2, 0.25) is 0 Å². The number of benzene rings is 9. The third kappa shape index (κ3) is 4.78. The molecule has 0 heterocycles. The van der Waals surface area contributed by atoms with E-state index in [1.165, 1.54) is 88.0 Å². The van der Waals surface area contributed by atoms with E-state index in [1.807, 2.05) is 0 Å². The molecule has 224 valence electrons. The van der Waals surface area contributed by atoms with Gasteiger partial charge in [-0.25, -0.2) is 0 Å². The first-order chi connectivity index (χ1) is 23.8. The van der Waals surface area contributed by atoms with Crippen LogP contribution in [0.1, 0.15) is 0 Å². The zero-order valence-corrected chi connectivity index (χ0v) is 26.5. The summed E-state index contributed by atoms with van der Waals surface area (Å²) >= 11 is 0. The van der Waals surface area contributed by atoms with E-state index in [9.17, 15) is 0 Å². The molecular weight excluding hydrogens is 577 g/mol. The van der Waals surface area contributed by atoms with Gasteiger partial charge in [-0.05, 0) is 100 Å². The van der Waals surface area contributed by atoms with E-state index in [-0.39, 0.29) is 0 Å². The van der Waals surface area contributed by atoms with Crippen molar-refractivity contribution in [2.24, 2.45) is 0 Å². The SMILES string of the molecule is c1ccc(-c2ccccc2-c2ccc(-c3c4ccccc4c(-c4ccccc4)c4ccccc34)cc2-c2ccc3ccccc3c2)cc1. The van der Waals surface area contributed by atoms with Gasteiger partial charge in [0.1, 0.15) is 0 Å². The molecule has 0 amide bonds. The fourth-order valence-corrected chi connectivity index (χ4v) is 7.47. The van der Waals surface area contributed by atoms with E-state index >= 15 is 0 Å². The highest BCUT2D eigenvalue weighted by Gasteiger charge is 2.19. The molecule has 0 bridgehead atoms. The lowest BCUT2D eigenvalue weighted by atomic mass is 9.83. The molecular formula is C48H32. The number of rotatable bonds is 5. The fraction of sp³-hybridized carbons (Fsp3) is 0. The Morgan fingerprint density at radius 2 is 0.667 bits per heavy atom. The fourth-order valence-electron chi connectivity index (χ4n) is 7.47. The normalized spacial score (nSPS) is 11.3. The predicted molar refractivity (Wildman–Crippen MR) is 206 cm³/mol. The molecule has 0 N–H and O–H groups in total. The second-order valence-corrected chi connectivity index (χ2v) is 12.4. The molecule has 0 saturated heterocycles. The van der Waals surface area contributed by atoms with Crippen LogP contribution in [0.4, 0.5) is 0 Å². The Balaban J connectivity index is 1.35. The molecule has 0 heteroatoms. The third-order valence-corrected chi connectivity index (χ3v) is 9.66. The van der Waals surface area contributed by atoms with Crippen LogP contribution in [0.5, 0.6) is 0 Å². The Hall–Kier alpha value is -6.24. The summed E-state index contributed by atoms with van der Waals surface area (Å²) in [6.45, 7) is 0. The molecule has 0 aliphatic heterocycles. The van der Waals surface area contributed by atoms with Crippen molar-refractivity contribution < 1.29 is 0 Å². The lowest BCUT2D eigenvalue weighted by molar-refractivity contribution is 1.56. The van der Waals surface area contributed by atoms with E-state index in [0.29, 0.717) is 0 Å². The maximum atomic E-state index is 2.43. The zero-order valence-electron chi connectivity index (χ0n) is 26.5. The van der Waals surface area contributed by atoms with Gasteiger partial charge in [0.05, 0.1) is 0 Å². The van der Waals surface area contributed by atoms with Gasteiger partial charge in [-0.3, -0.25) is 0 Å². The van der Waals surface area contributed by atoms with Crippen LogP contribution in [0.25, 0.3) is 88.0 Å². The van der Waals surface area contributed by atoms with Gasteiger partial charge in [0.25, 0.3) is 0 Å². The smallest absolute Gasteiger partial charge is 0.00261 e. The van der Waals surface area contributed by atoms with Gasteiger partial charge in [-0.2, -0.15) is 0 Å². The van der Waals surface area contributed by atoms with Crippen molar-refractivity contribution in [1.82, 2.24) is 0 Å². The van der Waals surface area contributed by atoms with Crippen molar-refractivity contribution in [3.63, 3.8) is 0 Å². The first-order valence-electron chi connectivity index (χ1n) is 16.6. The largest absolute Gasteiger partial charge is 0.0622 e. The van der Waals surface area contributed by atoms with E-state index in [0.717, 1.165) is 0 Å². The average molecular weight is 609 g/mol. The molecule has 0 atom stereocenters. The minimum absolute atomic E-state index is 1.21. The standard InChI is InChI=1S/C48H32/c1-3-16-34(17-4-1)39-21-9-10-22-40(39)41-30-29-38(32-46(41)37-28-27-33-15-7-8-20-36(33)31-37)48-44-25-13-11-23-42(44)47(35-18-5-2-6-19-35)43-24-12-14-26-45(43)48/h1-32H. The molecule has 9 aromatic carbocycles. The summed E-state index contributed by atoms with van der Waals surface area (Å²) in [5, 5.41) is 7.54. The van der Waals surface area contributed by atoms with Gasteiger partial charge in [0, 0.05) is 0 Å². The van der Waals surface area contributed by atoms with Crippen molar-refractivity contribution >= 4 is 32.3 Å². The first-order valence-corrected chi connectivity index (χ1v) is 16.6. The van der Waals surface area contributed by atoms with Crippen molar-refractivity contribution in [3.8, 4) is 55.6 Å². The lowest BCUT2D eigenvalue weighted by Gasteiger charge is -2.20. The van der Waals surface area contributed by atoms with Crippen LogP contribution in [0, 0.1) is 0 Å². The lowest BCUT2D eigenvalue weighted by Crippen LogP contribution is -1.93. The van der Waals surface area contributed by atoms with E-state index in [4.69, 9.17) is 0 Å². The van der Waals surface area contributed by atoms with E-state index in [1.54, 1.807) is 0 Å². The highest BCUT2D eigenvalue weighted by Crippen LogP contribution is 2.46. The molecule has 0 nitrogen and oxygen atoms in total. The van der Waals surface area contributed by atoms with Crippen molar-refractivity contribution in [2.45, 2.75) is 0 Å². The quantitative estimate of drug-likeness (QED) is 0.171. The number of hydrogen-bond donors (Lipinski definition) is 0. The van der Waals surface area contributed by atoms with E-state index in [2.05, 4.69) is 194 Å². The molecule has 0 fully saturated rings. The summed E-state index contributed by atoms with van der Waals surface area (Å²) in [5.41, 5.74) is 12.3. The van der Waals surface area contributed by atoms with Gasteiger partial charge in [-0.1, -0.05) is 182 Å². The van der Waals surface area contributed by atoms with Gasteiger partial charge in [0.15, 0.2) is 0 Å². The predicted octanol–water partition coefficient (Wildman–Crippen LogP) is 13.5. The second-order valence-electron chi connectivity index (χ2n) is 12.4. The summed E-state index contributed by atoms with van der Waals surface area (Å²) in [5.74, 6) is 0. The molecule has 0 spiro atoms. The molecule has 0 saturated carbocycles. The van der Waals surface area contributed by atoms with Crippen LogP contribution in [-0.2, 0) is 0 Å². The highest BCUT2D eigenvalue weighted by molar-refractivity contribution is 6.21. The molecule has 9 aromatic rings. The maximum Gasteiger partial charge on any atom is -0.00261 e. The Kier molecular flexibility index (Phi) is 6.91. The Labute approximate surface area is 281 Å². The van der Waals surface area contributed by atoms with Crippen LogP contribution in [0.2, 0.25) is 0 Å². The number of fused-ring (bicyclic) bond motifs is 3. The zero-order chi connectivity index (χ0) is 31.9. The van der Waals surface area contributed by atoms with Crippen molar-refractivity contribution in [1.29, 1.82) is 0 Å². The van der Waals surface area contributed by atoms with E-state index < -0.39 is 0 Å². The first kappa shape index (κ1) is 28.0. The summed E-state index contributed by atoms with van der Waals surface area (Å²) in [6, 6.07) is 70.8. The minimum Gasteiger partial charge on any atom is -0.0622 e. The topological polar surface area (TPSA) is 0 Å². The monoisotopic (exact) mass is 608 g/mol. The van der Waals surface area contributed by atoms with Gasteiger partial charge >= 0.3 is 0 Å². The Morgan fingerprint density at radius 1 is 0.208 bits per heavy atom. The van der Waals surface area contributed by atoms with Crippen molar-refractivity contribution in [3.05, 3.63) is 194 Å². The Bertz CT molecular complexity index is 2540.